The van der Waals surface area contributed by atoms with E-state index in [4.69, 9.17) is 37.9 Å². The van der Waals surface area contributed by atoms with Crippen molar-refractivity contribution in [3.8, 4) is 0 Å². The van der Waals surface area contributed by atoms with Crippen molar-refractivity contribution in [3.63, 3.8) is 0 Å². The summed E-state index contributed by atoms with van der Waals surface area (Å²) in [4.78, 5) is 0. The zero-order chi connectivity index (χ0) is 26.3. The summed E-state index contributed by atoms with van der Waals surface area (Å²) in [6.45, 7) is 19.9. The van der Waals surface area contributed by atoms with Crippen molar-refractivity contribution in [1.82, 2.24) is 0 Å². The van der Waals surface area contributed by atoms with Crippen LogP contribution >= 0.6 is 0 Å². The minimum absolute atomic E-state index is 0.0369. The van der Waals surface area contributed by atoms with E-state index in [1.54, 1.807) is 0 Å². The first kappa shape index (κ1) is 34.6. The molecule has 0 aromatic rings. The van der Waals surface area contributed by atoms with E-state index in [-0.39, 0.29) is 12.5 Å². The Morgan fingerprint density at radius 2 is 0.657 bits per heavy atom. The summed E-state index contributed by atoms with van der Waals surface area (Å²) in [5.41, 5.74) is -0.797. The van der Waals surface area contributed by atoms with E-state index in [1.807, 2.05) is 41.5 Å². The van der Waals surface area contributed by atoms with Crippen molar-refractivity contribution in [2.75, 3.05) is 112 Å². The molecule has 1 N–H and O–H groups in total. The minimum Gasteiger partial charge on any atom is -0.396 e. The van der Waals surface area contributed by atoms with Crippen molar-refractivity contribution in [2.24, 2.45) is 16.7 Å². The molecule has 0 saturated carbocycles. The van der Waals surface area contributed by atoms with Crippen LogP contribution in [0.25, 0.3) is 0 Å². The highest BCUT2D eigenvalue weighted by Gasteiger charge is 2.34. The van der Waals surface area contributed by atoms with E-state index in [0.29, 0.717) is 106 Å². The molecule has 0 atom stereocenters. The summed E-state index contributed by atoms with van der Waals surface area (Å²) in [6.07, 6.45) is 0. The number of rotatable bonds is 27. The molecule has 212 valence electrons. The van der Waals surface area contributed by atoms with Crippen molar-refractivity contribution < 1.29 is 43.0 Å². The molecule has 0 aromatic carbocycles. The summed E-state index contributed by atoms with van der Waals surface area (Å²) in [5.74, 6) is -0.164. The molecule has 0 heterocycles. The highest BCUT2D eigenvalue weighted by molar-refractivity contribution is 4.81. The lowest BCUT2D eigenvalue weighted by molar-refractivity contribution is -0.120. The zero-order valence-corrected chi connectivity index (χ0v) is 23.3. The quantitative estimate of drug-likeness (QED) is 0.179. The van der Waals surface area contributed by atoms with Gasteiger partial charge in [-0.05, 0) is 41.5 Å². The van der Waals surface area contributed by atoms with E-state index < -0.39 is 10.8 Å². The molecule has 0 saturated heterocycles. The first-order valence-corrected chi connectivity index (χ1v) is 13.2. The van der Waals surface area contributed by atoms with E-state index in [0.717, 1.165) is 0 Å². The van der Waals surface area contributed by atoms with Crippen LogP contribution < -0.4 is 0 Å². The summed E-state index contributed by atoms with van der Waals surface area (Å²) in [5, 5.41) is 9.93. The Labute approximate surface area is 214 Å². The maximum atomic E-state index is 9.93. The molecule has 0 spiro atoms. The predicted octanol–water partition coefficient (Wildman–Crippen LogP) is 2.82. The van der Waals surface area contributed by atoms with Gasteiger partial charge in [-0.2, -0.15) is 0 Å². The van der Waals surface area contributed by atoms with Gasteiger partial charge >= 0.3 is 0 Å². The van der Waals surface area contributed by atoms with Crippen LogP contribution in [0.2, 0.25) is 0 Å². The average molecular weight is 511 g/mol. The second kappa shape index (κ2) is 22.8. The van der Waals surface area contributed by atoms with Crippen LogP contribution in [0.3, 0.4) is 0 Å². The van der Waals surface area contributed by atoms with E-state index >= 15 is 0 Å². The first-order valence-electron chi connectivity index (χ1n) is 13.2. The fraction of sp³-hybridized carbons (Fsp3) is 1.00. The Hall–Kier alpha value is -0.360. The summed E-state index contributed by atoms with van der Waals surface area (Å²) < 4.78 is 46.5. The van der Waals surface area contributed by atoms with Crippen LogP contribution in [0, 0.1) is 16.7 Å². The maximum absolute atomic E-state index is 9.93. The summed E-state index contributed by atoms with van der Waals surface area (Å²) in [6, 6.07) is 0. The van der Waals surface area contributed by atoms with E-state index in [1.165, 1.54) is 0 Å². The third-order valence-electron chi connectivity index (χ3n) is 5.46. The fourth-order valence-electron chi connectivity index (χ4n) is 3.45. The van der Waals surface area contributed by atoms with Crippen molar-refractivity contribution in [1.29, 1.82) is 0 Å². The molecule has 0 unspecified atom stereocenters. The van der Waals surface area contributed by atoms with Crippen molar-refractivity contribution in [2.45, 2.75) is 41.5 Å². The Morgan fingerprint density at radius 3 is 0.857 bits per heavy atom. The van der Waals surface area contributed by atoms with Crippen molar-refractivity contribution >= 4 is 0 Å². The molecule has 0 radical (unpaired) electrons. The lowest BCUT2D eigenvalue weighted by Crippen LogP contribution is -2.43. The number of hydrogen-bond donors (Lipinski definition) is 1. The highest BCUT2D eigenvalue weighted by Crippen LogP contribution is 2.23. The molecule has 9 nitrogen and oxygen atoms in total. The Kier molecular flexibility index (Phi) is 22.6. The summed E-state index contributed by atoms with van der Waals surface area (Å²) >= 11 is 0. The van der Waals surface area contributed by atoms with Gasteiger partial charge in [0.1, 0.15) is 0 Å². The Balaban J connectivity index is 4.96. The molecule has 0 aliphatic heterocycles. The molecular weight excluding hydrogens is 456 g/mol. The van der Waals surface area contributed by atoms with Gasteiger partial charge in [0.15, 0.2) is 0 Å². The van der Waals surface area contributed by atoms with Crippen LogP contribution in [0.4, 0.5) is 0 Å². The van der Waals surface area contributed by atoms with Gasteiger partial charge in [0.05, 0.1) is 83.5 Å². The first-order chi connectivity index (χ1) is 17.0. The molecular formula is C26H54O9. The molecule has 0 aliphatic carbocycles. The molecule has 0 aliphatic rings. The van der Waals surface area contributed by atoms with Gasteiger partial charge in [-0.3, -0.25) is 0 Å². The second-order valence-electron chi connectivity index (χ2n) is 8.90. The second-order valence-corrected chi connectivity index (χ2v) is 8.90. The van der Waals surface area contributed by atoms with Gasteiger partial charge in [-0.25, -0.2) is 0 Å². The smallest absolute Gasteiger partial charge is 0.0637 e. The zero-order valence-electron chi connectivity index (χ0n) is 23.3. The minimum atomic E-state index is -0.398. The number of ether oxygens (including phenoxy) is 8. The summed E-state index contributed by atoms with van der Waals surface area (Å²) in [7, 11) is 0. The topological polar surface area (TPSA) is 94.1 Å². The van der Waals surface area contributed by atoms with Crippen LogP contribution in [-0.4, -0.2) is 117 Å². The molecule has 0 amide bonds. The van der Waals surface area contributed by atoms with E-state index in [9.17, 15) is 5.11 Å². The van der Waals surface area contributed by atoms with Gasteiger partial charge in [0.2, 0.25) is 0 Å². The van der Waals surface area contributed by atoms with Crippen LogP contribution in [0.5, 0.6) is 0 Å². The third-order valence-corrected chi connectivity index (χ3v) is 5.46. The predicted molar refractivity (Wildman–Crippen MR) is 136 cm³/mol. The standard InChI is InChI=1S/C26H54O9/c1-7-28-16-25(17-29-8-2,18-30-9-3)22-34-14-24(13-27)15-35-23-26(19-31-10-4,20-32-11-5)21-33-12-6/h24,27H,7-23H2,1-6H3. The van der Waals surface area contributed by atoms with Crippen molar-refractivity contribution in [3.05, 3.63) is 0 Å². The Morgan fingerprint density at radius 1 is 0.429 bits per heavy atom. The molecule has 0 rings (SSSR count). The number of aliphatic hydroxyl groups excluding tert-OH is 1. The molecule has 0 fully saturated rings. The van der Waals surface area contributed by atoms with Gasteiger partial charge in [0.25, 0.3) is 0 Å². The maximum Gasteiger partial charge on any atom is 0.0637 e. The van der Waals surface area contributed by atoms with Crippen LogP contribution in [-0.2, 0) is 37.9 Å². The van der Waals surface area contributed by atoms with Gasteiger partial charge in [-0.1, -0.05) is 0 Å². The average Bonchev–Trinajstić information content (AvgIpc) is 2.88. The van der Waals surface area contributed by atoms with Crippen LogP contribution in [0.1, 0.15) is 41.5 Å². The van der Waals surface area contributed by atoms with Gasteiger partial charge < -0.3 is 43.0 Å². The third kappa shape index (κ3) is 16.2. The van der Waals surface area contributed by atoms with Crippen LogP contribution in [0.15, 0.2) is 0 Å². The lowest BCUT2D eigenvalue weighted by Gasteiger charge is -2.34. The molecule has 35 heavy (non-hydrogen) atoms. The largest absolute Gasteiger partial charge is 0.396 e. The normalized spacial score (nSPS) is 12.7. The number of hydrogen-bond acceptors (Lipinski definition) is 9. The SMILES string of the molecule is CCOCC(COCC)(COCC)COCC(CO)COCC(COCC)(COCC)COCC. The molecule has 0 bridgehead atoms. The molecule has 9 heteroatoms. The fourth-order valence-corrected chi connectivity index (χ4v) is 3.45. The Bertz CT molecular complexity index is 369. The highest BCUT2D eigenvalue weighted by atomic mass is 16.5. The lowest BCUT2D eigenvalue weighted by atomic mass is 9.92. The van der Waals surface area contributed by atoms with E-state index in [2.05, 4.69) is 0 Å². The van der Waals surface area contributed by atoms with Gasteiger partial charge in [-0.15, -0.1) is 0 Å². The monoisotopic (exact) mass is 510 g/mol. The van der Waals surface area contributed by atoms with Gasteiger partial charge in [0, 0.05) is 45.6 Å². The molecule has 0 aromatic heterocycles. The number of aliphatic hydroxyl groups is 1.